The smallest absolute Gasteiger partial charge is 0.223 e. The number of hydrogen-bond acceptors (Lipinski definition) is 4. The molecule has 0 radical (unpaired) electrons. The van der Waals surface area contributed by atoms with Gasteiger partial charge in [0, 0.05) is 56.9 Å². The number of likely N-dealkylation sites (tertiary alicyclic amines) is 1. The van der Waals surface area contributed by atoms with Crippen molar-refractivity contribution in [1.82, 2.24) is 19.6 Å². The van der Waals surface area contributed by atoms with Crippen molar-refractivity contribution in [2.45, 2.75) is 51.0 Å². The monoisotopic (exact) mass is 362 g/mol. The van der Waals surface area contributed by atoms with E-state index in [4.69, 9.17) is 16.1 Å². The molecule has 134 valence electrons. The van der Waals surface area contributed by atoms with Crippen molar-refractivity contribution in [2.24, 2.45) is 5.92 Å². The number of rotatable bonds is 6. The van der Waals surface area contributed by atoms with Crippen LogP contribution in [-0.4, -0.2) is 38.6 Å². The summed E-state index contributed by atoms with van der Waals surface area (Å²) < 4.78 is 7.38. The van der Waals surface area contributed by atoms with Gasteiger partial charge in [-0.05, 0) is 31.6 Å². The fourth-order valence-electron chi connectivity index (χ4n) is 3.59. The molecule has 6 nitrogen and oxygen atoms in total. The zero-order valence-electron chi connectivity index (χ0n) is 14.2. The third kappa shape index (κ3) is 4.06. The Morgan fingerprint density at radius 3 is 2.76 bits per heavy atom. The number of aryl methyl sites for hydroxylation is 1. The first kappa shape index (κ1) is 16.6. The lowest BCUT2D eigenvalue weighted by molar-refractivity contribution is -0.132. The molecule has 0 spiro atoms. The molecule has 1 aliphatic carbocycles. The fraction of sp³-hybridized carbons (Fsp3) is 0.611. The lowest BCUT2D eigenvalue weighted by Gasteiger charge is -2.32. The number of aromatic nitrogens is 3. The summed E-state index contributed by atoms with van der Waals surface area (Å²) in [5.41, 5.74) is 0. The second kappa shape index (κ2) is 7.20. The first-order chi connectivity index (χ1) is 12.2. The van der Waals surface area contributed by atoms with Gasteiger partial charge in [-0.1, -0.05) is 16.8 Å². The van der Waals surface area contributed by atoms with Gasteiger partial charge in [0.15, 0.2) is 5.15 Å². The van der Waals surface area contributed by atoms with Gasteiger partial charge in [-0.2, -0.15) is 0 Å². The van der Waals surface area contributed by atoms with Gasteiger partial charge >= 0.3 is 0 Å². The Morgan fingerprint density at radius 1 is 1.28 bits per heavy atom. The van der Waals surface area contributed by atoms with E-state index in [1.807, 2.05) is 11.1 Å². The molecule has 1 saturated heterocycles. The third-order valence-corrected chi connectivity index (χ3v) is 5.41. The maximum absolute atomic E-state index is 12.4. The predicted molar refractivity (Wildman–Crippen MR) is 93.3 cm³/mol. The van der Waals surface area contributed by atoms with E-state index in [1.165, 1.54) is 18.7 Å². The minimum absolute atomic E-state index is 0.173. The number of carbonyl (C=O) groups is 1. The van der Waals surface area contributed by atoms with Gasteiger partial charge in [-0.15, -0.1) is 0 Å². The number of nitrogens with zero attached hydrogens (tertiary/aromatic N) is 4. The molecule has 3 heterocycles. The predicted octanol–water partition coefficient (Wildman–Crippen LogP) is 3.27. The van der Waals surface area contributed by atoms with Crippen molar-refractivity contribution in [3.63, 3.8) is 0 Å². The van der Waals surface area contributed by atoms with Gasteiger partial charge in [-0.3, -0.25) is 4.79 Å². The zero-order chi connectivity index (χ0) is 17.2. The van der Waals surface area contributed by atoms with Crippen LogP contribution < -0.4 is 0 Å². The highest BCUT2D eigenvalue weighted by atomic mass is 35.5. The van der Waals surface area contributed by atoms with Crippen molar-refractivity contribution in [1.29, 1.82) is 0 Å². The molecule has 2 aromatic heterocycles. The molecule has 7 heteroatoms. The summed E-state index contributed by atoms with van der Waals surface area (Å²) in [6, 6.07) is 1.67. The molecule has 1 saturated carbocycles. The van der Waals surface area contributed by atoms with E-state index in [9.17, 15) is 4.79 Å². The van der Waals surface area contributed by atoms with Crippen LogP contribution in [0.3, 0.4) is 0 Å². The molecule has 1 aliphatic heterocycles. The van der Waals surface area contributed by atoms with Crippen LogP contribution in [0.2, 0.25) is 5.15 Å². The summed E-state index contributed by atoms with van der Waals surface area (Å²) in [6.07, 6.45) is 9.67. The van der Waals surface area contributed by atoms with Gasteiger partial charge in [0.1, 0.15) is 11.6 Å². The molecule has 0 N–H and O–H groups in total. The first-order valence-electron chi connectivity index (χ1n) is 9.09. The Bertz CT molecular complexity index is 729. The quantitative estimate of drug-likeness (QED) is 0.791. The Morgan fingerprint density at radius 2 is 2.08 bits per heavy atom. The third-order valence-electron chi connectivity index (χ3n) is 5.23. The summed E-state index contributed by atoms with van der Waals surface area (Å²) in [4.78, 5) is 19.0. The van der Waals surface area contributed by atoms with Gasteiger partial charge in [0.25, 0.3) is 0 Å². The van der Waals surface area contributed by atoms with E-state index in [2.05, 4.69) is 20.9 Å². The second-order valence-corrected chi connectivity index (χ2v) is 7.54. The summed E-state index contributed by atoms with van der Waals surface area (Å²) in [7, 11) is 0. The van der Waals surface area contributed by atoms with Gasteiger partial charge < -0.3 is 14.0 Å². The van der Waals surface area contributed by atoms with E-state index < -0.39 is 0 Å². The van der Waals surface area contributed by atoms with Crippen LogP contribution in [0.25, 0.3) is 0 Å². The molecule has 2 aromatic rings. The summed E-state index contributed by atoms with van der Waals surface area (Å²) in [5.74, 6) is 3.35. The molecule has 0 atom stereocenters. The highest BCUT2D eigenvalue weighted by Crippen LogP contribution is 2.33. The maximum atomic E-state index is 12.4. The number of amides is 1. The zero-order valence-corrected chi connectivity index (χ0v) is 15.0. The van der Waals surface area contributed by atoms with E-state index in [-0.39, 0.29) is 5.91 Å². The Balaban J connectivity index is 1.27. The van der Waals surface area contributed by atoms with Gasteiger partial charge in [-0.25, -0.2) is 4.98 Å². The van der Waals surface area contributed by atoms with Crippen LogP contribution in [0, 0.1) is 5.92 Å². The van der Waals surface area contributed by atoms with Crippen molar-refractivity contribution in [2.75, 3.05) is 13.1 Å². The Labute approximate surface area is 152 Å². The minimum Gasteiger partial charge on any atom is -0.360 e. The maximum Gasteiger partial charge on any atom is 0.223 e. The Kier molecular flexibility index (Phi) is 4.79. The molecular formula is C18H23ClN4O2. The topological polar surface area (TPSA) is 64.2 Å². The second-order valence-electron chi connectivity index (χ2n) is 7.15. The van der Waals surface area contributed by atoms with Crippen molar-refractivity contribution in [3.05, 3.63) is 35.2 Å². The number of carbonyl (C=O) groups excluding carboxylic acids is 1. The molecule has 4 rings (SSSR count). The lowest BCUT2D eigenvalue weighted by atomic mass is 9.95. The normalized spacial score (nSPS) is 18.7. The Hall–Kier alpha value is -1.82. The van der Waals surface area contributed by atoms with Crippen LogP contribution >= 0.6 is 11.6 Å². The molecule has 0 unspecified atom stereocenters. The number of piperidine rings is 1. The van der Waals surface area contributed by atoms with Crippen LogP contribution in [0.4, 0.5) is 0 Å². The van der Waals surface area contributed by atoms with E-state index in [0.29, 0.717) is 29.7 Å². The number of imidazole rings is 1. The van der Waals surface area contributed by atoms with E-state index in [1.54, 1.807) is 6.07 Å². The molecule has 1 amide bonds. The van der Waals surface area contributed by atoms with E-state index in [0.717, 1.165) is 38.4 Å². The fourth-order valence-corrected chi connectivity index (χ4v) is 3.75. The first-order valence-corrected chi connectivity index (χ1v) is 9.46. The summed E-state index contributed by atoms with van der Waals surface area (Å²) in [5, 5.41) is 3.97. The van der Waals surface area contributed by atoms with Gasteiger partial charge in [0.2, 0.25) is 5.91 Å². The van der Waals surface area contributed by atoms with Crippen LogP contribution in [0.15, 0.2) is 23.0 Å². The largest absolute Gasteiger partial charge is 0.360 e. The van der Waals surface area contributed by atoms with Crippen LogP contribution in [-0.2, 0) is 17.8 Å². The molecule has 0 aromatic carbocycles. The molecule has 2 aliphatic rings. The average molecular weight is 363 g/mol. The highest BCUT2D eigenvalue weighted by Gasteiger charge is 2.28. The minimum atomic E-state index is 0.173. The molecule has 2 fully saturated rings. The van der Waals surface area contributed by atoms with Crippen LogP contribution in [0.5, 0.6) is 0 Å². The van der Waals surface area contributed by atoms with Crippen LogP contribution in [0.1, 0.15) is 49.6 Å². The molecular weight excluding hydrogens is 340 g/mol. The van der Waals surface area contributed by atoms with Crippen molar-refractivity contribution in [3.8, 4) is 0 Å². The van der Waals surface area contributed by atoms with Crippen molar-refractivity contribution >= 4 is 17.5 Å². The number of halogens is 1. The molecule has 0 bridgehead atoms. The lowest BCUT2D eigenvalue weighted by Crippen LogP contribution is -2.38. The summed E-state index contributed by atoms with van der Waals surface area (Å²) in [6.45, 7) is 2.71. The van der Waals surface area contributed by atoms with Gasteiger partial charge in [0.05, 0.1) is 0 Å². The standard InChI is InChI=1S/C18H23ClN4O2/c19-16-11-15(25-21-16)3-4-17(24)22-8-5-14(6-9-22)18-20-7-10-23(18)12-13-1-2-13/h7,10-11,13-14H,1-6,8-9,12H2. The molecule has 25 heavy (non-hydrogen) atoms. The van der Waals surface area contributed by atoms with Crippen molar-refractivity contribution < 1.29 is 9.32 Å². The highest BCUT2D eigenvalue weighted by molar-refractivity contribution is 6.29. The van der Waals surface area contributed by atoms with E-state index >= 15 is 0 Å². The summed E-state index contributed by atoms with van der Waals surface area (Å²) >= 11 is 5.73. The SMILES string of the molecule is O=C(CCc1cc(Cl)no1)N1CCC(c2nccn2CC2CC2)CC1. The average Bonchev–Trinajstić information content (AvgIpc) is 3.15. The number of hydrogen-bond donors (Lipinski definition) is 0.